The van der Waals surface area contributed by atoms with Gasteiger partial charge in [-0.25, -0.2) is 9.13 Å². The monoisotopic (exact) mass is 1270 g/mol. The molecule has 0 aromatic heterocycles. The Morgan fingerprint density at radius 1 is 0.314 bits per heavy atom. The Morgan fingerprint density at radius 2 is 0.535 bits per heavy atom. The zero-order valence-electron chi connectivity index (χ0n) is 55.6. The molecule has 0 bridgehead atoms. The highest BCUT2D eigenvalue weighted by molar-refractivity contribution is 7.47. The van der Waals surface area contributed by atoms with Gasteiger partial charge >= 0.3 is 39.5 Å². The van der Waals surface area contributed by atoms with Crippen LogP contribution in [0.4, 0.5) is 0 Å². The standard InChI is InChI=1S/C67H130O17P2/c1-7-9-11-13-14-15-20-28-33-39-45-51-66(71)83-62(55-77-64(69)49-43-35-12-10-8-2)57-81-85(73,74)79-53-61(68)54-80-86(75,76)82-58-63(56-78-65(70)50-44-38-32-27-24-23-26-31-37-42-48-60(5)6)84-67(72)52-46-40-34-29-22-19-17-16-18-21-25-30-36-41-47-59(3)4/h59-63,68H,7-58H2,1-6H3,(H,73,74)(H,75,76)/t61-,62+,63+/m0/s1. The van der Waals surface area contributed by atoms with Crippen molar-refractivity contribution in [2.45, 2.75) is 355 Å². The van der Waals surface area contributed by atoms with Crippen LogP contribution in [0.3, 0.4) is 0 Å². The van der Waals surface area contributed by atoms with Gasteiger partial charge in [-0.15, -0.1) is 0 Å². The van der Waals surface area contributed by atoms with Gasteiger partial charge in [0.1, 0.15) is 19.3 Å². The van der Waals surface area contributed by atoms with Crippen molar-refractivity contribution in [3.8, 4) is 0 Å². The molecule has 0 saturated heterocycles. The number of aliphatic hydroxyl groups is 1. The predicted octanol–water partition coefficient (Wildman–Crippen LogP) is 18.8. The third-order valence-electron chi connectivity index (χ3n) is 15.5. The van der Waals surface area contributed by atoms with Gasteiger partial charge in [-0.3, -0.25) is 37.3 Å². The Morgan fingerprint density at radius 3 is 0.791 bits per heavy atom. The first-order valence-electron chi connectivity index (χ1n) is 35.0. The van der Waals surface area contributed by atoms with Gasteiger partial charge in [0, 0.05) is 25.7 Å². The van der Waals surface area contributed by atoms with Gasteiger partial charge < -0.3 is 33.8 Å². The molecule has 86 heavy (non-hydrogen) atoms. The lowest BCUT2D eigenvalue weighted by atomic mass is 10.0. The number of aliphatic hydroxyl groups excluding tert-OH is 1. The van der Waals surface area contributed by atoms with E-state index in [0.29, 0.717) is 25.7 Å². The SMILES string of the molecule is CCCCCCCCCCCCCC(=O)O[C@H](COC(=O)CCCCCCC)COP(=O)(O)OC[C@H](O)COP(=O)(O)OC[C@@H](COC(=O)CCCCCCCCCCCCC(C)C)OC(=O)CCCCCCCCCCCCCCCCC(C)C. The van der Waals surface area contributed by atoms with Crippen LogP contribution >= 0.6 is 15.6 Å². The molecule has 0 aliphatic rings. The van der Waals surface area contributed by atoms with Crippen molar-refractivity contribution in [1.29, 1.82) is 0 Å². The molecule has 2 unspecified atom stereocenters. The smallest absolute Gasteiger partial charge is 0.462 e. The van der Waals surface area contributed by atoms with Gasteiger partial charge in [-0.1, -0.05) is 286 Å². The van der Waals surface area contributed by atoms with E-state index in [4.69, 9.17) is 37.0 Å². The van der Waals surface area contributed by atoms with Crippen molar-refractivity contribution >= 4 is 39.5 Å². The Bertz CT molecular complexity index is 1680. The average molecular weight is 1270 g/mol. The molecule has 5 atom stereocenters. The van der Waals surface area contributed by atoms with Crippen molar-refractivity contribution in [1.82, 2.24) is 0 Å². The van der Waals surface area contributed by atoms with E-state index < -0.39 is 97.5 Å². The van der Waals surface area contributed by atoms with Gasteiger partial charge in [0.25, 0.3) is 0 Å². The van der Waals surface area contributed by atoms with Gasteiger partial charge in [-0.05, 0) is 37.5 Å². The number of esters is 4. The first-order chi connectivity index (χ1) is 41.4. The minimum atomic E-state index is -4.95. The van der Waals surface area contributed by atoms with Crippen LogP contribution in [0.25, 0.3) is 0 Å². The molecule has 0 amide bonds. The largest absolute Gasteiger partial charge is 0.472 e. The second kappa shape index (κ2) is 59.4. The predicted molar refractivity (Wildman–Crippen MR) is 345 cm³/mol. The van der Waals surface area contributed by atoms with Crippen molar-refractivity contribution < 1.29 is 80.2 Å². The molecule has 17 nitrogen and oxygen atoms in total. The molecule has 0 rings (SSSR count). The summed E-state index contributed by atoms with van der Waals surface area (Å²) in [5.41, 5.74) is 0. The molecule has 0 spiro atoms. The zero-order valence-corrected chi connectivity index (χ0v) is 57.4. The van der Waals surface area contributed by atoms with Gasteiger partial charge in [0.15, 0.2) is 12.2 Å². The van der Waals surface area contributed by atoms with Crippen LogP contribution in [-0.2, 0) is 65.4 Å². The first kappa shape index (κ1) is 84.1. The number of carbonyl (C=O) groups excluding carboxylic acids is 4. The van der Waals surface area contributed by atoms with E-state index in [1.807, 2.05) is 0 Å². The van der Waals surface area contributed by atoms with Crippen molar-refractivity contribution in [2.24, 2.45) is 11.8 Å². The number of hydrogen-bond donors (Lipinski definition) is 3. The molecule has 0 saturated carbocycles. The first-order valence-corrected chi connectivity index (χ1v) is 38.0. The summed E-state index contributed by atoms with van der Waals surface area (Å²) in [5.74, 6) is -0.585. The lowest BCUT2D eigenvalue weighted by Crippen LogP contribution is -2.30. The minimum Gasteiger partial charge on any atom is -0.462 e. The molecule has 0 fully saturated rings. The van der Waals surface area contributed by atoms with E-state index in [1.54, 1.807) is 0 Å². The molecular formula is C67H130O17P2. The number of hydrogen-bond acceptors (Lipinski definition) is 15. The van der Waals surface area contributed by atoms with Gasteiger partial charge in [0.05, 0.1) is 26.4 Å². The van der Waals surface area contributed by atoms with Crippen LogP contribution in [0.15, 0.2) is 0 Å². The van der Waals surface area contributed by atoms with E-state index in [2.05, 4.69) is 41.5 Å². The molecular weight excluding hydrogens is 1140 g/mol. The van der Waals surface area contributed by atoms with E-state index in [-0.39, 0.29) is 25.7 Å². The Balaban J connectivity index is 5.16. The number of rotatable bonds is 66. The molecule has 0 aliphatic heterocycles. The van der Waals surface area contributed by atoms with E-state index >= 15 is 0 Å². The van der Waals surface area contributed by atoms with Crippen molar-refractivity contribution in [2.75, 3.05) is 39.6 Å². The summed E-state index contributed by atoms with van der Waals surface area (Å²) >= 11 is 0. The van der Waals surface area contributed by atoms with E-state index in [1.165, 1.54) is 148 Å². The lowest BCUT2D eigenvalue weighted by molar-refractivity contribution is -0.161. The molecule has 0 aromatic rings. The Hall–Kier alpha value is -1.94. The number of carbonyl (C=O) groups is 4. The molecule has 0 aromatic carbocycles. The molecule has 0 radical (unpaired) electrons. The van der Waals surface area contributed by atoms with Crippen LogP contribution in [-0.4, -0.2) is 96.7 Å². The summed E-state index contributed by atoms with van der Waals surface area (Å²) in [6, 6.07) is 0. The summed E-state index contributed by atoms with van der Waals surface area (Å²) in [6.07, 6.45) is 43.4. The fourth-order valence-corrected chi connectivity index (χ4v) is 11.6. The maximum absolute atomic E-state index is 13.0. The summed E-state index contributed by atoms with van der Waals surface area (Å²) in [7, 11) is -9.88. The Labute approximate surface area is 524 Å². The van der Waals surface area contributed by atoms with Crippen LogP contribution in [0.1, 0.15) is 337 Å². The molecule has 3 N–H and O–H groups in total. The number of ether oxygens (including phenoxy) is 4. The fourth-order valence-electron chi connectivity index (χ4n) is 10.1. The zero-order chi connectivity index (χ0) is 63.6. The molecule has 0 heterocycles. The van der Waals surface area contributed by atoms with Crippen molar-refractivity contribution in [3.63, 3.8) is 0 Å². The van der Waals surface area contributed by atoms with Gasteiger partial charge in [-0.2, -0.15) is 0 Å². The number of phosphoric acid groups is 2. The summed E-state index contributed by atoms with van der Waals surface area (Å²) < 4.78 is 67.9. The maximum atomic E-state index is 13.0. The van der Waals surface area contributed by atoms with Gasteiger partial charge in [0.2, 0.25) is 0 Å². The van der Waals surface area contributed by atoms with Crippen molar-refractivity contribution in [3.05, 3.63) is 0 Å². The average Bonchev–Trinajstić information content (AvgIpc) is 3.67. The number of unbranched alkanes of at least 4 members (excludes halogenated alkanes) is 36. The topological polar surface area (TPSA) is 237 Å². The highest BCUT2D eigenvalue weighted by atomic mass is 31.2. The minimum absolute atomic E-state index is 0.106. The van der Waals surface area contributed by atoms with Crippen LogP contribution in [0, 0.1) is 11.8 Å². The molecule has 19 heteroatoms. The highest BCUT2D eigenvalue weighted by Gasteiger charge is 2.30. The van der Waals surface area contributed by atoms with Crippen LogP contribution < -0.4 is 0 Å². The normalized spacial score (nSPS) is 14.2. The summed E-state index contributed by atoms with van der Waals surface area (Å²) in [6.45, 7) is 9.45. The second-order valence-electron chi connectivity index (χ2n) is 25.2. The third-order valence-corrected chi connectivity index (χ3v) is 17.4. The molecule has 510 valence electrons. The molecule has 0 aliphatic carbocycles. The van der Waals surface area contributed by atoms with E-state index in [0.717, 1.165) is 108 Å². The quantitative estimate of drug-likeness (QED) is 0.0222. The maximum Gasteiger partial charge on any atom is 0.472 e. The highest BCUT2D eigenvalue weighted by Crippen LogP contribution is 2.45. The van der Waals surface area contributed by atoms with Crippen LogP contribution in [0.5, 0.6) is 0 Å². The Kier molecular flexibility index (Phi) is 58.0. The lowest BCUT2D eigenvalue weighted by Gasteiger charge is -2.21. The summed E-state index contributed by atoms with van der Waals surface area (Å²) in [4.78, 5) is 72.1. The van der Waals surface area contributed by atoms with E-state index in [9.17, 15) is 43.2 Å². The number of phosphoric ester groups is 2. The summed E-state index contributed by atoms with van der Waals surface area (Å²) in [5, 5.41) is 10.5. The fraction of sp³-hybridized carbons (Fsp3) is 0.940. The third kappa shape index (κ3) is 60.9. The van der Waals surface area contributed by atoms with Crippen LogP contribution in [0.2, 0.25) is 0 Å². The second-order valence-corrected chi connectivity index (χ2v) is 28.1.